The van der Waals surface area contributed by atoms with E-state index in [-0.39, 0.29) is 11.9 Å². The lowest BCUT2D eigenvalue weighted by atomic mass is 9.88. The van der Waals surface area contributed by atoms with Crippen molar-refractivity contribution in [2.45, 2.75) is 44.7 Å². The molecular formula is C16H24FN3. The minimum Gasteiger partial charge on any atom is -0.314 e. The Kier molecular flexibility index (Phi) is 4.32. The number of rotatable bonds is 3. The molecule has 0 spiro atoms. The normalized spacial score (nSPS) is 26.8. The zero-order valence-electron chi connectivity index (χ0n) is 12.2. The van der Waals surface area contributed by atoms with Crippen LogP contribution in [0, 0.1) is 11.7 Å². The van der Waals surface area contributed by atoms with Crippen LogP contribution in [-0.2, 0) is 0 Å². The van der Waals surface area contributed by atoms with Crippen LogP contribution in [-0.4, -0.2) is 35.6 Å². The molecule has 0 aliphatic carbocycles. The van der Waals surface area contributed by atoms with E-state index in [1.807, 2.05) is 0 Å². The second kappa shape index (κ2) is 6.19. The van der Waals surface area contributed by atoms with Gasteiger partial charge in [-0.1, -0.05) is 0 Å². The predicted molar refractivity (Wildman–Crippen MR) is 77.9 cm³/mol. The lowest BCUT2D eigenvalue weighted by molar-refractivity contribution is 0.126. The van der Waals surface area contributed by atoms with E-state index < -0.39 is 0 Å². The highest BCUT2D eigenvalue weighted by Gasteiger charge is 2.30. The average molecular weight is 277 g/mol. The van der Waals surface area contributed by atoms with Gasteiger partial charge in [-0.05, 0) is 69.8 Å². The maximum absolute atomic E-state index is 13.3. The highest BCUT2D eigenvalue weighted by Crippen LogP contribution is 2.30. The van der Waals surface area contributed by atoms with Crippen molar-refractivity contribution in [2.24, 2.45) is 5.92 Å². The fraction of sp³-hybridized carbons (Fsp3) is 0.688. The lowest BCUT2D eigenvalue weighted by Gasteiger charge is -2.38. The van der Waals surface area contributed by atoms with Gasteiger partial charge in [-0.3, -0.25) is 9.88 Å². The Morgan fingerprint density at radius 3 is 2.75 bits per heavy atom. The minimum absolute atomic E-state index is 0.237. The summed E-state index contributed by atoms with van der Waals surface area (Å²) in [7, 11) is 0. The highest BCUT2D eigenvalue weighted by atomic mass is 19.1. The van der Waals surface area contributed by atoms with Gasteiger partial charge in [0.1, 0.15) is 5.82 Å². The number of likely N-dealkylation sites (tertiary alicyclic amines) is 1. The zero-order valence-corrected chi connectivity index (χ0v) is 12.2. The molecule has 1 aromatic heterocycles. The Morgan fingerprint density at radius 2 is 2.10 bits per heavy atom. The van der Waals surface area contributed by atoms with Gasteiger partial charge in [0, 0.05) is 18.3 Å². The molecule has 3 heterocycles. The van der Waals surface area contributed by atoms with Crippen molar-refractivity contribution < 1.29 is 4.39 Å². The van der Waals surface area contributed by atoms with Crippen molar-refractivity contribution >= 4 is 0 Å². The molecule has 2 unspecified atom stereocenters. The first-order valence-corrected chi connectivity index (χ1v) is 7.82. The van der Waals surface area contributed by atoms with Gasteiger partial charge in [-0.25, -0.2) is 4.39 Å². The molecule has 2 saturated heterocycles. The number of pyridine rings is 1. The summed E-state index contributed by atoms with van der Waals surface area (Å²) < 4.78 is 13.3. The Labute approximate surface area is 120 Å². The van der Waals surface area contributed by atoms with Crippen LogP contribution in [0.5, 0.6) is 0 Å². The first-order chi connectivity index (χ1) is 9.74. The molecule has 0 radical (unpaired) electrons. The van der Waals surface area contributed by atoms with Crippen molar-refractivity contribution in [1.29, 1.82) is 0 Å². The average Bonchev–Trinajstić information content (AvgIpc) is 3.01. The third-order valence-corrected chi connectivity index (χ3v) is 5.00. The number of nitrogens with one attached hydrogen (secondary N) is 1. The third-order valence-electron chi connectivity index (χ3n) is 5.00. The Hall–Kier alpha value is -1.00. The molecule has 0 aromatic carbocycles. The summed E-state index contributed by atoms with van der Waals surface area (Å²) in [5, 5.41) is 3.63. The van der Waals surface area contributed by atoms with E-state index >= 15 is 0 Å². The van der Waals surface area contributed by atoms with E-state index in [1.165, 1.54) is 38.4 Å². The smallest absolute Gasteiger partial charge is 0.141 e. The van der Waals surface area contributed by atoms with Crippen LogP contribution in [0.3, 0.4) is 0 Å². The van der Waals surface area contributed by atoms with Gasteiger partial charge in [0.25, 0.3) is 0 Å². The molecule has 110 valence electrons. The van der Waals surface area contributed by atoms with Gasteiger partial charge >= 0.3 is 0 Å². The van der Waals surface area contributed by atoms with E-state index in [2.05, 4.69) is 22.1 Å². The number of piperidine rings is 1. The molecule has 3 nitrogen and oxygen atoms in total. The van der Waals surface area contributed by atoms with Crippen molar-refractivity contribution in [3.63, 3.8) is 0 Å². The number of nitrogens with zero attached hydrogens (tertiary/aromatic N) is 2. The van der Waals surface area contributed by atoms with Gasteiger partial charge in [0.05, 0.1) is 6.20 Å². The predicted octanol–water partition coefficient (Wildman–Crippen LogP) is 2.75. The van der Waals surface area contributed by atoms with Crippen molar-refractivity contribution in [2.75, 3.05) is 19.6 Å². The van der Waals surface area contributed by atoms with Crippen molar-refractivity contribution in [3.8, 4) is 0 Å². The summed E-state index contributed by atoms with van der Waals surface area (Å²) >= 11 is 0. The molecule has 1 N–H and O–H groups in total. The summed E-state index contributed by atoms with van der Waals surface area (Å²) in [5.74, 6) is 0.589. The molecule has 1 aromatic rings. The van der Waals surface area contributed by atoms with Crippen LogP contribution >= 0.6 is 0 Å². The fourth-order valence-electron chi connectivity index (χ4n) is 3.69. The van der Waals surface area contributed by atoms with E-state index in [0.29, 0.717) is 0 Å². The van der Waals surface area contributed by atoms with Crippen LogP contribution < -0.4 is 5.32 Å². The quantitative estimate of drug-likeness (QED) is 0.921. The maximum Gasteiger partial charge on any atom is 0.141 e. The Morgan fingerprint density at radius 1 is 1.30 bits per heavy atom. The van der Waals surface area contributed by atoms with Crippen LogP contribution in [0.25, 0.3) is 0 Å². The van der Waals surface area contributed by atoms with Gasteiger partial charge in [0.2, 0.25) is 0 Å². The molecule has 2 aliphatic rings. The summed E-state index contributed by atoms with van der Waals surface area (Å²) in [6.45, 7) is 5.57. The molecule has 20 heavy (non-hydrogen) atoms. The molecule has 3 rings (SSSR count). The minimum atomic E-state index is -0.237. The molecule has 2 fully saturated rings. The van der Waals surface area contributed by atoms with Crippen LogP contribution in [0.2, 0.25) is 0 Å². The van der Waals surface area contributed by atoms with Crippen LogP contribution in [0.15, 0.2) is 18.5 Å². The summed E-state index contributed by atoms with van der Waals surface area (Å²) in [5.41, 5.74) is 0.988. The van der Waals surface area contributed by atoms with E-state index in [4.69, 9.17) is 0 Å². The molecule has 4 heteroatoms. The van der Waals surface area contributed by atoms with Gasteiger partial charge in [-0.2, -0.15) is 0 Å². The largest absolute Gasteiger partial charge is 0.314 e. The van der Waals surface area contributed by atoms with Crippen LogP contribution in [0.1, 0.15) is 44.2 Å². The summed E-state index contributed by atoms with van der Waals surface area (Å²) in [6.07, 6.45) is 8.24. The Balaban J connectivity index is 1.57. The second-order valence-corrected chi connectivity index (χ2v) is 6.19. The monoisotopic (exact) mass is 277 g/mol. The summed E-state index contributed by atoms with van der Waals surface area (Å²) in [6, 6.07) is 2.61. The van der Waals surface area contributed by atoms with E-state index in [1.54, 1.807) is 12.3 Å². The standard InChI is InChI=1S/C16H24FN3/c1-12(14-9-15(17)11-18-10-14)20-7-4-13(5-8-20)16-3-2-6-19-16/h9-13,16,19H,2-8H2,1H3. The van der Waals surface area contributed by atoms with Crippen molar-refractivity contribution in [1.82, 2.24) is 15.2 Å². The first kappa shape index (κ1) is 14.0. The molecule has 2 atom stereocenters. The van der Waals surface area contributed by atoms with E-state index in [9.17, 15) is 4.39 Å². The SMILES string of the molecule is CC(c1cncc(F)c1)N1CCC(C2CCCN2)CC1. The number of aromatic nitrogens is 1. The topological polar surface area (TPSA) is 28.2 Å². The number of halogens is 1. The maximum atomic E-state index is 13.3. The molecule has 0 saturated carbocycles. The third kappa shape index (κ3) is 3.01. The van der Waals surface area contributed by atoms with Gasteiger partial charge in [-0.15, -0.1) is 0 Å². The molecule has 0 bridgehead atoms. The lowest BCUT2D eigenvalue weighted by Crippen LogP contribution is -2.41. The van der Waals surface area contributed by atoms with Gasteiger partial charge in [0.15, 0.2) is 0 Å². The number of hydrogen-bond donors (Lipinski definition) is 1. The fourth-order valence-corrected chi connectivity index (χ4v) is 3.69. The highest BCUT2D eigenvalue weighted by molar-refractivity contribution is 5.14. The summed E-state index contributed by atoms with van der Waals surface area (Å²) in [4.78, 5) is 6.43. The molecule has 0 amide bonds. The Bertz CT molecular complexity index is 437. The molecular weight excluding hydrogens is 253 g/mol. The first-order valence-electron chi connectivity index (χ1n) is 7.82. The zero-order chi connectivity index (χ0) is 13.9. The number of hydrogen-bond acceptors (Lipinski definition) is 3. The van der Waals surface area contributed by atoms with Crippen molar-refractivity contribution in [3.05, 3.63) is 29.8 Å². The molecule has 2 aliphatic heterocycles. The van der Waals surface area contributed by atoms with Gasteiger partial charge < -0.3 is 5.32 Å². The van der Waals surface area contributed by atoms with E-state index in [0.717, 1.165) is 30.6 Å². The second-order valence-electron chi connectivity index (χ2n) is 6.19. The van der Waals surface area contributed by atoms with Crippen LogP contribution in [0.4, 0.5) is 4.39 Å².